The summed E-state index contributed by atoms with van der Waals surface area (Å²) in [4.78, 5) is 9.34. The van der Waals surface area contributed by atoms with E-state index in [1.54, 1.807) is 0 Å². The Morgan fingerprint density at radius 2 is 1.83 bits per heavy atom. The third-order valence-corrected chi connectivity index (χ3v) is 5.82. The Morgan fingerprint density at radius 3 is 2.67 bits per heavy atom. The van der Waals surface area contributed by atoms with Crippen LogP contribution in [0.5, 0.6) is 0 Å². The molecule has 132 valence electrons. The van der Waals surface area contributed by atoms with Crippen LogP contribution in [-0.4, -0.2) is 72.9 Å². The van der Waals surface area contributed by atoms with E-state index in [0.717, 1.165) is 39.5 Å². The van der Waals surface area contributed by atoms with E-state index in [-0.39, 0.29) is 0 Å². The van der Waals surface area contributed by atoms with Gasteiger partial charge in [0.05, 0.1) is 12.7 Å². The molecule has 5 nitrogen and oxygen atoms in total. The number of hydrogen-bond donors (Lipinski definition) is 0. The van der Waals surface area contributed by atoms with E-state index >= 15 is 0 Å². The average molecular weight is 331 g/mol. The molecule has 0 aliphatic carbocycles. The molecule has 0 radical (unpaired) electrons. The van der Waals surface area contributed by atoms with Gasteiger partial charge in [0, 0.05) is 63.7 Å². The van der Waals surface area contributed by atoms with Gasteiger partial charge in [0.25, 0.3) is 0 Å². The van der Waals surface area contributed by atoms with Crippen molar-refractivity contribution in [2.24, 2.45) is 5.92 Å². The SMILES string of the molecule is c1cc(CN2CC[C@@H]3CN(C4CCOCC4)CCO[C@@H]3C2)ccn1. The molecule has 0 spiro atoms. The summed E-state index contributed by atoms with van der Waals surface area (Å²) in [6, 6.07) is 4.94. The minimum atomic E-state index is 0.394. The molecule has 24 heavy (non-hydrogen) atoms. The molecule has 4 rings (SSSR count). The fourth-order valence-corrected chi connectivity index (χ4v) is 4.41. The van der Waals surface area contributed by atoms with Gasteiger partial charge < -0.3 is 9.47 Å². The number of hydrogen-bond acceptors (Lipinski definition) is 5. The molecular formula is C19H29N3O2. The molecule has 0 aromatic carbocycles. The van der Waals surface area contributed by atoms with Crippen LogP contribution in [0.3, 0.4) is 0 Å². The van der Waals surface area contributed by atoms with Crippen molar-refractivity contribution in [3.8, 4) is 0 Å². The van der Waals surface area contributed by atoms with Crippen molar-refractivity contribution in [1.29, 1.82) is 0 Å². The fraction of sp³-hybridized carbons (Fsp3) is 0.737. The first-order valence-electron chi connectivity index (χ1n) is 9.43. The summed E-state index contributed by atoms with van der Waals surface area (Å²) in [6.07, 6.45) is 7.78. The summed E-state index contributed by atoms with van der Waals surface area (Å²) in [5.41, 5.74) is 1.35. The van der Waals surface area contributed by atoms with Gasteiger partial charge in [-0.1, -0.05) is 0 Å². The van der Waals surface area contributed by atoms with Crippen molar-refractivity contribution < 1.29 is 9.47 Å². The number of pyridine rings is 1. The topological polar surface area (TPSA) is 37.8 Å². The van der Waals surface area contributed by atoms with Crippen molar-refractivity contribution in [3.05, 3.63) is 30.1 Å². The van der Waals surface area contributed by atoms with E-state index in [0.29, 0.717) is 18.1 Å². The number of nitrogens with zero attached hydrogens (tertiary/aromatic N) is 3. The zero-order valence-electron chi connectivity index (χ0n) is 14.5. The first kappa shape index (κ1) is 16.5. The molecule has 3 fully saturated rings. The Balaban J connectivity index is 1.34. The van der Waals surface area contributed by atoms with Crippen molar-refractivity contribution in [2.45, 2.75) is 38.0 Å². The monoisotopic (exact) mass is 331 g/mol. The van der Waals surface area contributed by atoms with Gasteiger partial charge >= 0.3 is 0 Å². The quantitative estimate of drug-likeness (QED) is 0.844. The van der Waals surface area contributed by atoms with Gasteiger partial charge in [-0.15, -0.1) is 0 Å². The zero-order valence-corrected chi connectivity index (χ0v) is 14.5. The highest BCUT2D eigenvalue weighted by molar-refractivity contribution is 5.09. The van der Waals surface area contributed by atoms with Gasteiger partial charge in [-0.3, -0.25) is 14.8 Å². The smallest absolute Gasteiger partial charge is 0.0743 e. The van der Waals surface area contributed by atoms with Crippen molar-refractivity contribution in [2.75, 3.05) is 46.0 Å². The van der Waals surface area contributed by atoms with E-state index in [1.165, 1.54) is 37.9 Å². The maximum Gasteiger partial charge on any atom is 0.0743 e. The van der Waals surface area contributed by atoms with Crippen LogP contribution in [-0.2, 0) is 16.0 Å². The molecule has 3 aliphatic rings. The van der Waals surface area contributed by atoms with Crippen LogP contribution in [0.4, 0.5) is 0 Å². The van der Waals surface area contributed by atoms with Crippen molar-refractivity contribution >= 4 is 0 Å². The largest absolute Gasteiger partial charge is 0.381 e. The lowest BCUT2D eigenvalue weighted by atomic mass is 9.92. The van der Waals surface area contributed by atoms with E-state index in [4.69, 9.17) is 9.47 Å². The Hall–Kier alpha value is -1.01. The molecule has 3 saturated heterocycles. The van der Waals surface area contributed by atoms with Crippen molar-refractivity contribution in [3.63, 3.8) is 0 Å². The number of fused-ring (bicyclic) bond motifs is 1. The summed E-state index contributed by atoms with van der Waals surface area (Å²) >= 11 is 0. The van der Waals surface area contributed by atoms with Crippen LogP contribution in [0.25, 0.3) is 0 Å². The van der Waals surface area contributed by atoms with Gasteiger partial charge in [-0.25, -0.2) is 0 Å². The second-order valence-corrected chi connectivity index (χ2v) is 7.39. The third kappa shape index (κ3) is 3.97. The summed E-state index contributed by atoms with van der Waals surface area (Å²) in [5, 5.41) is 0. The number of ether oxygens (including phenoxy) is 2. The second-order valence-electron chi connectivity index (χ2n) is 7.39. The highest BCUT2D eigenvalue weighted by Crippen LogP contribution is 2.27. The Bertz CT molecular complexity index is 507. The Morgan fingerprint density at radius 1 is 1.00 bits per heavy atom. The minimum absolute atomic E-state index is 0.394. The highest BCUT2D eigenvalue weighted by Gasteiger charge is 2.35. The highest BCUT2D eigenvalue weighted by atomic mass is 16.5. The summed E-state index contributed by atoms with van der Waals surface area (Å²) in [7, 11) is 0. The zero-order chi connectivity index (χ0) is 16.2. The number of likely N-dealkylation sites (tertiary alicyclic amines) is 1. The van der Waals surface area contributed by atoms with Gasteiger partial charge in [-0.2, -0.15) is 0 Å². The van der Waals surface area contributed by atoms with Crippen LogP contribution in [0, 0.1) is 5.92 Å². The number of aromatic nitrogens is 1. The second kappa shape index (κ2) is 7.91. The molecule has 0 bridgehead atoms. The van der Waals surface area contributed by atoms with E-state index < -0.39 is 0 Å². The van der Waals surface area contributed by atoms with E-state index in [2.05, 4.69) is 26.9 Å². The van der Waals surface area contributed by atoms with Crippen LogP contribution >= 0.6 is 0 Å². The molecule has 1 aromatic heterocycles. The molecule has 1 aromatic rings. The van der Waals surface area contributed by atoms with E-state index in [1.807, 2.05) is 12.4 Å². The van der Waals surface area contributed by atoms with Crippen LogP contribution in [0.2, 0.25) is 0 Å². The van der Waals surface area contributed by atoms with Gasteiger partial charge in [0.2, 0.25) is 0 Å². The van der Waals surface area contributed by atoms with Gasteiger partial charge in [0.15, 0.2) is 0 Å². The molecule has 2 atom stereocenters. The molecule has 0 N–H and O–H groups in total. The van der Waals surface area contributed by atoms with Crippen LogP contribution < -0.4 is 0 Å². The predicted molar refractivity (Wildman–Crippen MR) is 92.8 cm³/mol. The predicted octanol–water partition coefficient (Wildman–Crippen LogP) is 1.78. The van der Waals surface area contributed by atoms with Crippen molar-refractivity contribution in [1.82, 2.24) is 14.8 Å². The summed E-state index contributed by atoms with van der Waals surface area (Å²) in [6.45, 7) is 8.27. The number of rotatable bonds is 3. The normalized spacial score (nSPS) is 30.7. The van der Waals surface area contributed by atoms with Gasteiger partial charge in [-0.05, 0) is 43.5 Å². The third-order valence-electron chi connectivity index (χ3n) is 5.82. The molecule has 0 amide bonds. The molecule has 0 saturated carbocycles. The van der Waals surface area contributed by atoms with E-state index in [9.17, 15) is 0 Å². The molecule has 5 heteroatoms. The average Bonchev–Trinajstić information content (AvgIpc) is 2.85. The van der Waals surface area contributed by atoms with Crippen LogP contribution in [0.15, 0.2) is 24.5 Å². The lowest BCUT2D eigenvalue weighted by molar-refractivity contribution is -0.0245. The maximum absolute atomic E-state index is 6.27. The standard InChI is InChI=1S/C19H29N3O2/c1-6-20-7-2-16(1)13-21-8-3-17-14-22(9-12-24-19(17)15-21)18-4-10-23-11-5-18/h1-2,6-7,17-19H,3-5,8-15H2/t17-,19-/m1/s1. The summed E-state index contributed by atoms with van der Waals surface area (Å²) < 4.78 is 11.8. The van der Waals surface area contributed by atoms with Crippen LogP contribution in [0.1, 0.15) is 24.8 Å². The Labute approximate surface area is 144 Å². The number of piperidine rings is 1. The first-order chi connectivity index (χ1) is 11.9. The minimum Gasteiger partial charge on any atom is -0.381 e. The molecule has 4 heterocycles. The lowest BCUT2D eigenvalue weighted by Gasteiger charge is -2.39. The Kier molecular flexibility index (Phi) is 5.43. The lowest BCUT2D eigenvalue weighted by Crippen LogP contribution is -2.48. The first-order valence-corrected chi connectivity index (χ1v) is 9.43. The molecule has 3 aliphatic heterocycles. The molecule has 0 unspecified atom stereocenters. The maximum atomic E-state index is 6.27. The fourth-order valence-electron chi connectivity index (χ4n) is 4.41. The van der Waals surface area contributed by atoms with Gasteiger partial charge in [0.1, 0.15) is 0 Å². The molecular weight excluding hydrogens is 302 g/mol. The summed E-state index contributed by atoms with van der Waals surface area (Å²) in [5.74, 6) is 0.684.